The van der Waals surface area contributed by atoms with Gasteiger partial charge in [-0.2, -0.15) is 5.10 Å². The lowest BCUT2D eigenvalue weighted by molar-refractivity contribution is 0.675. The van der Waals surface area contributed by atoms with Gasteiger partial charge < -0.3 is 5.73 Å². The van der Waals surface area contributed by atoms with Crippen molar-refractivity contribution in [1.82, 2.24) is 4.98 Å². The van der Waals surface area contributed by atoms with Crippen LogP contribution < -0.4 is 5.73 Å². The number of hydrogen-bond donors (Lipinski definition) is 1. The molecule has 1 unspecified atom stereocenters. The van der Waals surface area contributed by atoms with Crippen molar-refractivity contribution in [3.05, 3.63) is 29.6 Å². The normalized spacial score (nSPS) is 20.2. The first-order chi connectivity index (χ1) is 7.70. The molecule has 1 aromatic heterocycles. The zero-order valence-corrected chi connectivity index (χ0v) is 9.64. The first kappa shape index (κ1) is 10.8. The van der Waals surface area contributed by atoms with Gasteiger partial charge in [-0.3, -0.25) is 4.98 Å². The molecule has 0 spiro atoms. The van der Waals surface area contributed by atoms with E-state index in [1.165, 1.54) is 0 Å². The number of nitrogens with zero attached hydrogens (tertiary/aromatic N) is 3. The summed E-state index contributed by atoms with van der Waals surface area (Å²) in [5, 5.41) is 8.13. The van der Waals surface area contributed by atoms with Gasteiger partial charge in [-0.05, 0) is 25.0 Å². The summed E-state index contributed by atoms with van der Waals surface area (Å²) in [5.74, 6) is 0.954. The monoisotopic (exact) mass is 216 g/mol. The van der Waals surface area contributed by atoms with Crippen LogP contribution in [0, 0.1) is 12.8 Å². The van der Waals surface area contributed by atoms with E-state index in [-0.39, 0.29) is 0 Å². The van der Waals surface area contributed by atoms with Crippen LogP contribution >= 0.6 is 0 Å². The van der Waals surface area contributed by atoms with Crippen molar-refractivity contribution >= 4 is 11.5 Å². The molecule has 1 atom stereocenters. The minimum absolute atomic E-state index is 0.340. The average molecular weight is 216 g/mol. The highest BCUT2D eigenvalue weighted by Crippen LogP contribution is 2.19. The van der Waals surface area contributed by atoms with Gasteiger partial charge in [0.15, 0.2) is 0 Å². The predicted octanol–water partition coefficient (Wildman–Crippen LogP) is 1.88. The smallest absolute Gasteiger partial charge is 0.123 e. The van der Waals surface area contributed by atoms with E-state index in [1.54, 1.807) is 0 Å². The lowest BCUT2D eigenvalue weighted by atomic mass is 9.92. The van der Waals surface area contributed by atoms with Gasteiger partial charge in [-0.1, -0.05) is 13.0 Å². The van der Waals surface area contributed by atoms with Crippen molar-refractivity contribution in [2.45, 2.75) is 26.7 Å². The minimum Gasteiger partial charge on any atom is -0.386 e. The fourth-order valence-corrected chi connectivity index (χ4v) is 1.81. The number of nitrogens with two attached hydrogens (primary N) is 1. The zero-order chi connectivity index (χ0) is 11.5. The summed E-state index contributed by atoms with van der Waals surface area (Å²) in [6, 6.07) is 4.03. The third kappa shape index (κ3) is 2.10. The molecule has 0 amide bonds. The summed E-state index contributed by atoms with van der Waals surface area (Å²) >= 11 is 0. The SMILES string of the molecule is CCC1CC(N)=NN=C1c1ccc(C)cn1. The molecule has 0 aliphatic carbocycles. The summed E-state index contributed by atoms with van der Waals surface area (Å²) in [6.45, 7) is 4.15. The molecule has 2 N–H and O–H groups in total. The Morgan fingerprint density at radius 2 is 2.19 bits per heavy atom. The predicted molar refractivity (Wildman–Crippen MR) is 65.5 cm³/mol. The van der Waals surface area contributed by atoms with Gasteiger partial charge >= 0.3 is 0 Å². The number of pyridine rings is 1. The average Bonchev–Trinajstić information content (AvgIpc) is 2.30. The van der Waals surface area contributed by atoms with Crippen molar-refractivity contribution < 1.29 is 0 Å². The van der Waals surface area contributed by atoms with Crippen molar-refractivity contribution in [1.29, 1.82) is 0 Å². The maximum Gasteiger partial charge on any atom is 0.123 e. The van der Waals surface area contributed by atoms with Crippen LogP contribution in [0.2, 0.25) is 0 Å². The van der Waals surface area contributed by atoms with Crippen LogP contribution in [-0.4, -0.2) is 16.5 Å². The molecule has 0 saturated heterocycles. The second-order valence-corrected chi connectivity index (χ2v) is 4.11. The van der Waals surface area contributed by atoms with E-state index in [4.69, 9.17) is 5.73 Å². The third-order valence-corrected chi connectivity index (χ3v) is 2.80. The Morgan fingerprint density at radius 3 is 2.81 bits per heavy atom. The highest BCUT2D eigenvalue weighted by atomic mass is 15.2. The van der Waals surface area contributed by atoms with E-state index in [1.807, 2.05) is 25.3 Å². The van der Waals surface area contributed by atoms with E-state index in [0.29, 0.717) is 11.8 Å². The largest absolute Gasteiger partial charge is 0.386 e. The summed E-state index contributed by atoms with van der Waals surface area (Å²) in [4.78, 5) is 4.38. The maximum absolute atomic E-state index is 5.69. The Hall–Kier alpha value is -1.71. The fraction of sp³-hybridized carbons (Fsp3) is 0.417. The van der Waals surface area contributed by atoms with Gasteiger partial charge in [-0.15, -0.1) is 5.10 Å². The molecule has 16 heavy (non-hydrogen) atoms. The molecule has 1 aliphatic rings. The second-order valence-electron chi connectivity index (χ2n) is 4.11. The standard InChI is InChI=1S/C12H16N4/c1-3-9-6-11(13)15-16-12(9)10-5-4-8(2)7-14-10/h4-5,7,9H,3,6H2,1-2H3,(H2,13,15). The first-order valence-electron chi connectivity index (χ1n) is 5.53. The lowest BCUT2D eigenvalue weighted by Gasteiger charge is -2.19. The number of aromatic nitrogens is 1. The third-order valence-electron chi connectivity index (χ3n) is 2.80. The Bertz CT molecular complexity index is 431. The molecule has 0 aromatic carbocycles. The van der Waals surface area contributed by atoms with Crippen molar-refractivity contribution in [3.63, 3.8) is 0 Å². The van der Waals surface area contributed by atoms with Gasteiger partial charge in [0.1, 0.15) is 5.84 Å². The van der Waals surface area contributed by atoms with Gasteiger partial charge in [0, 0.05) is 18.5 Å². The fourth-order valence-electron chi connectivity index (χ4n) is 1.81. The molecule has 0 radical (unpaired) electrons. The van der Waals surface area contributed by atoms with E-state index in [9.17, 15) is 0 Å². The number of amidine groups is 1. The summed E-state index contributed by atoms with van der Waals surface area (Å²) < 4.78 is 0. The number of aryl methyl sites for hydroxylation is 1. The molecule has 2 heterocycles. The van der Waals surface area contributed by atoms with Crippen LogP contribution in [0.15, 0.2) is 28.5 Å². The Balaban J connectivity index is 2.34. The molecule has 4 heteroatoms. The molecule has 1 aliphatic heterocycles. The molecule has 0 fully saturated rings. The Kier molecular flexibility index (Phi) is 2.99. The molecule has 84 valence electrons. The molecule has 4 nitrogen and oxygen atoms in total. The van der Waals surface area contributed by atoms with Gasteiger partial charge in [0.25, 0.3) is 0 Å². The maximum atomic E-state index is 5.69. The highest BCUT2D eigenvalue weighted by molar-refractivity contribution is 6.04. The van der Waals surface area contributed by atoms with Crippen molar-refractivity contribution in [2.24, 2.45) is 21.9 Å². The van der Waals surface area contributed by atoms with Crippen LogP contribution in [0.3, 0.4) is 0 Å². The topological polar surface area (TPSA) is 63.6 Å². The Labute approximate surface area is 95.3 Å². The molecular formula is C12H16N4. The summed E-state index contributed by atoms with van der Waals surface area (Å²) in [6.07, 6.45) is 3.64. The van der Waals surface area contributed by atoms with Crippen molar-refractivity contribution in [3.8, 4) is 0 Å². The Morgan fingerprint density at radius 1 is 1.38 bits per heavy atom. The van der Waals surface area contributed by atoms with E-state index >= 15 is 0 Å². The molecular weight excluding hydrogens is 200 g/mol. The second kappa shape index (κ2) is 4.43. The highest BCUT2D eigenvalue weighted by Gasteiger charge is 2.21. The van der Waals surface area contributed by atoms with Crippen LogP contribution in [-0.2, 0) is 0 Å². The quantitative estimate of drug-likeness (QED) is 0.820. The van der Waals surface area contributed by atoms with Crippen molar-refractivity contribution in [2.75, 3.05) is 0 Å². The number of rotatable bonds is 2. The van der Waals surface area contributed by atoms with Gasteiger partial charge in [-0.25, -0.2) is 0 Å². The van der Waals surface area contributed by atoms with Crippen LogP contribution in [0.4, 0.5) is 0 Å². The van der Waals surface area contributed by atoms with Crippen LogP contribution in [0.25, 0.3) is 0 Å². The van der Waals surface area contributed by atoms with Crippen LogP contribution in [0.1, 0.15) is 31.0 Å². The van der Waals surface area contributed by atoms with Gasteiger partial charge in [0.05, 0.1) is 11.4 Å². The molecule has 2 rings (SSSR count). The lowest BCUT2D eigenvalue weighted by Crippen LogP contribution is -2.27. The van der Waals surface area contributed by atoms with E-state index in [2.05, 4.69) is 22.1 Å². The van der Waals surface area contributed by atoms with Gasteiger partial charge in [0.2, 0.25) is 0 Å². The minimum atomic E-state index is 0.340. The first-order valence-corrected chi connectivity index (χ1v) is 5.53. The molecule has 0 bridgehead atoms. The summed E-state index contributed by atoms with van der Waals surface area (Å²) in [5.41, 5.74) is 8.70. The molecule has 0 saturated carbocycles. The molecule has 1 aromatic rings. The van der Waals surface area contributed by atoms with Crippen LogP contribution in [0.5, 0.6) is 0 Å². The summed E-state index contributed by atoms with van der Waals surface area (Å²) in [7, 11) is 0. The number of hydrogen-bond acceptors (Lipinski definition) is 4. The van der Waals surface area contributed by atoms with E-state index < -0.39 is 0 Å². The zero-order valence-electron chi connectivity index (χ0n) is 9.64. The van der Waals surface area contributed by atoms with E-state index in [0.717, 1.165) is 29.8 Å².